The number of anilines is 2. The van der Waals surface area contributed by atoms with Crippen LogP contribution in [0.25, 0.3) is 0 Å². The van der Waals surface area contributed by atoms with Crippen LogP contribution in [0, 0.1) is 6.92 Å². The fourth-order valence-corrected chi connectivity index (χ4v) is 2.29. The topological polar surface area (TPSA) is 50.4 Å². The highest BCUT2D eigenvalue weighted by atomic mass is 35.5. The Morgan fingerprint density at radius 1 is 1.17 bits per heavy atom. The van der Waals surface area contributed by atoms with Crippen molar-refractivity contribution >= 4 is 28.9 Å². The summed E-state index contributed by atoms with van der Waals surface area (Å²) in [6.07, 6.45) is 0.374. The van der Waals surface area contributed by atoms with E-state index in [1.807, 2.05) is 50.2 Å². The van der Waals surface area contributed by atoms with Crippen molar-refractivity contribution in [3.05, 3.63) is 53.1 Å². The lowest BCUT2D eigenvalue weighted by Gasteiger charge is -2.10. The zero-order valence-corrected chi connectivity index (χ0v) is 14.1. The summed E-state index contributed by atoms with van der Waals surface area (Å²) in [6.45, 7) is 5.04. The third-order valence-corrected chi connectivity index (χ3v) is 3.80. The first-order valence-corrected chi connectivity index (χ1v) is 7.99. The molecule has 2 rings (SSSR count). The lowest BCUT2D eigenvalue weighted by atomic mass is 10.2. The molecule has 0 saturated heterocycles. The maximum absolute atomic E-state index is 12.0. The summed E-state index contributed by atoms with van der Waals surface area (Å²) >= 11 is 6.04. The molecule has 23 heavy (non-hydrogen) atoms. The van der Waals surface area contributed by atoms with Crippen molar-refractivity contribution in [3.63, 3.8) is 0 Å². The lowest BCUT2D eigenvalue weighted by molar-refractivity contribution is -0.115. The predicted octanol–water partition coefficient (Wildman–Crippen LogP) is 4.49. The number of benzene rings is 2. The second kappa shape index (κ2) is 8.44. The van der Waals surface area contributed by atoms with E-state index in [9.17, 15) is 4.79 Å². The van der Waals surface area contributed by atoms with Gasteiger partial charge in [-0.1, -0.05) is 17.7 Å². The summed E-state index contributed by atoms with van der Waals surface area (Å²) in [4.78, 5) is 12.0. The monoisotopic (exact) mass is 332 g/mol. The van der Waals surface area contributed by atoms with Gasteiger partial charge in [0.2, 0.25) is 5.91 Å². The highest BCUT2D eigenvalue weighted by Crippen LogP contribution is 2.23. The van der Waals surface area contributed by atoms with Crippen LogP contribution in [0.3, 0.4) is 0 Å². The molecule has 2 aromatic rings. The Hall–Kier alpha value is -2.20. The number of hydrogen-bond acceptors (Lipinski definition) is 3. The zero-order chi connectivity index (χ0) is 16.7. The molecule has 0 bridgehead atoms. The summed E-state index contributed by atoms with van der Waals surface area (Å²) in [5, 5.41) is 6.74. The molecule has 0 atom stereocenters. The van der Waals surface area contributed by atoms with Crippen molar-refractivity contribution in [1.29, 1.82) is 0 Å². The molecule has 0 fully saturated rings. The van der Waals surface area contributed by atoms with Gasteiger partial charge < -0.3 is 15.4 Å². The molecule has 2 aromatic carbocycles. The second-order valence-corrected chi connectivity index (χ2v) is 5.50. The van der Waals surface area contributed by atoms with E-state index < -0.39 is 0 Å². The number of hydrogen-bond donors (Lipinski definition) is 2. The van der Waals surface area contributed by atoms with Crippen molar-refractivity contribution in [3.8, 4) is 5.75 Å². The molecule has 0 aliphatic rings. The van der Waals surface area contributed by atoms with Gasteiger partial charge in [0, 0.05) is 29.4 Å². The molecule has 0 aliphatic heterocycles. The third kappa shape index (κ3) is 5.18. The van der Waals surface area contributed by atoms with Gasteiger partial charge >= 0.3 is 0 Å². The quantitative estimate of drug-likeness (QED) is 0.785. The average Bonchev–Trinajstić information content (AvgIpc) is 2.54. The molecular weight excluding hydrogens is 312 g/mol. The fourth-order valence-electron chi connectivity index (χ4n) is 2.11. The largest absolute Gasteiger partial charge is 0.494 e. The van der Waals surface area contributed by atoms with Gasteiger partial charge in [0.25, 0.3) is 0 Å². The summed E-state index contributed by atoms with van der Waals surface area (Å²) in [6, 6.07) is 13.2. The van der Waals surface area contributed by atoms with Crippen LogP contribution in [0.1, 0.15) is 18.9 Å². The highest BCUT2D eigenvalue weighted by Gasteiger charge is 2.06. The van der Waals surface area contributed by atoms with Crippen LogP contribution >= 0.6 is 11.6 Å². The standard InChI is InChI=1S/C18H21ClN2O2/c1-3-23-15-9-7-14(8-10-15)20-12-11-18(22)21-17-6-4-5-16(19)13(17)2/h4-10,20H,3,11-12H2,1-2H3,(H,21,22). The van der Waals surface area contributed by atoms with Crippen molar-refractivity contribution in [2.24, 2.45) is 0 Å². The van der Waals surface area contributed by atoms with E-state index >= 15 is 0 Å². The number of amides is 1. The highest BCUT2D eigenvalue weighted by molar-refractivity contribution is 6.31. The maximum Gasteiger partial charge on any atom is 0.226 e. The number of nitrogens with one attached hydrogen (secondary N) is 2. The summed E-state index contributed by atoms with van der Waals surface area (Å²) in [5.74, 6) is 0.793. The first-order chi connectivity index (χ1) is 11.1. The Morgan fingerprint density at radius 3 is 2.61 bits per heavy atom. The Balaban J connectivity index is 1.79. The Labute approximate surface area is 141 Å². The van der Waals surface area contributed by atoms with Gasteiger partial charge in [-0.3, -0.25) is 4.79 Å². The lowest BCUT2D eigenvalue weighted by Crippen LogP contribution is -2.16. The Kier molecular flexibility index (Phi) is 6.29. The van der Waals surface area contributed by atoms with Gasteiger partial charge in [-0.2, -0.15) is 0 Å². The second-order valence-electron chi connectivity index (χ2n) is 5.09. The Bertz CT molecular complexity index is 657. The smallest absolute Gasteiger partial charge is 0.226 e. The third-order valence-electron chi connectivity index (χ3n) is 3.39. The maximum atomic E-state index is 12.0. The van der Waals surface area contributed by atoms with E-state index in [2.05, 4.69) is 10.6 Å². The minimum Gasteiger partial charge on any atom is -0.494 e. The number of carbonyl (C=O) groups is 1. The summed E-state index contributed by atoms with van der Waals surface area (Å²) in [7, 11) is 0. The van der Waals surface area contributed by atoms with Gasteiger partial charge in [0.15, 0.2) is 0 Å². The predicted molar refractivity (Wildman–Crippen MR) is 95.5 cm³/mol. The number of carbonyl (C=O) groups excluding carboxylic acids is 1. The van der Waals surface area contributed by atoms with E-state index in [4.69, 9.17) is 16.3 Å². The van der Waals surface area contributed by atoms with Crippen LogP contribution in [0.5, 0.6) is 5.75 Å². The van der Waals surface area contributed by atoms with E-state index in [0.717, 1.165) is 22.7 Å². The van der Waals surface area contributed by atoms with Crippen LogP contribution in [-0.2, 0) is 4.79 Å². The number of ether oxygens (including phenoxy) is 1. The van der Waals surface area contributed by atoms with Crippen molar-refractivity contribution in [1.82, 2.24) is 0 Å². The van der Waals surface area contributed by atoms with Crippen LogP contribution in [0.4, 0.5) is 11.4 Å². The average molecular weight is 333 g/mol. The molecule has 0 heterocycles. The first-order valence-electron chi connectivity index (χ1n) is 7.62. The van der Waals surface area contributed by atoms with Crippen LogP contribution in [0.2, 0.25) is 5.02 Å². The molecule has 0 radical (unpaired) electrons. The van der Waals surface area contributed by atoms with Crippen LogP contribution in [-0.4, -0.2) is 19.1 Å². The molecule has 0 aromatic heterocycles. The normalized spacial score (nSPS) is 10.2. The van der Waals surface area contributed by atoms with Crippen LogP contribution in [0.15, 0.2) is 42.5 Å². The molecule has 2 N–H and O–H groups in total. The molecular formula is C18H21ClN2O2. The van der Waals surface area contributed by atoms with Gasteiger partial charge in [-0.25, -0.2) is 0 Å². The van der Waals surface area contributed by atoms with Crippen LogP contribution < -0.4 is 15.4 Å². The molecule has 1 amide bonds. The summed E-state index contributed by atoms with van der Waals surface area (Å²) in [5.41, 5.74) is 2.59. The van der Waals surface area contributed by atoms with E-state index in [0.29, 0.717) is 24.6 Å². The SMILES string of the molecule is CCOc1ccc(NCCC(=O)Nc2cccc(Cl)c2C)cc1. The summed E-state index contributed by atoms with van der Waals surface area (Å²) < 4.78 is 5.39. The molecule has 0 spiro atoms. The molecule has 0 aliphatic carbocycles. The van der Waals surface area contributed by atoms with Crippen molar-refractivity contribution in [2.45, 2.75) is 20.3 Å². The zero-order valence-electron chi connectivity index (χ0n) is 13.4. The van der Waals surface area contributed by atoms with Gasteiger partial charge in [-0.15, -0.1) is 0 Å². The van der Waals surface area contributed by atoms with Gasteiger partial charge in [-0.05, 0) is 55.8 Å². The van der Waals surface area contributed by atoms with Gasteiger partial charge in [0.1, 0.15) is 5.75 Å². The van der Waals surface area contributed by atoms with Gasteiger partial charge in [0.05, 0.1) is 6.61 Å². The minimum absolute atomic E-state index is 0.0474. The van der Waals surface area contributed by atoms with Crippen molar-refractivity contribution in [2.75, 3.05) is 23.8 Å². The molecule has 5 heteroatoms. The minimum atomic E-state index is -0.0474. The molecule has 0 unspecified atom stereocenters. The van der Waals surface area contributed by atoms with Crippen molar-refractivity contribution < 1.29 is 9.53 Å². The van der Waals surface area contributed by atoms with E-state index in [1.165, 1.54) is 0 Å². The fraction of sp³-hybridized carbons (Fsp3) is 0.278. The molecule has 122 valence electrons. The number of halogens is 1. The van der Waals surface area contributed by atoms with E-state index in [-0.39, 0.29) is 5.91 Å². The molecule has 4 nitrogen and oxygen atoms in total. The first kappa shape index (κ1) is 17.2. The Morgan fingerprint density at radius 2 is 1.91 bits per heavy atom. The number of rotatable bonds is 7. The molecule has 0 saturated carbocycles. The van der Waals surface area contributed by atoms with E-state index in [1.54, 1.807) is 6.07 Å².